The Labute approximate surface area is 174 Å². The molecule has 159 valence electrons. The molecule has 0 atom stereocenters. The molecular formula is C24H53OSn. The summed E-state index contributed by atoms with van der Waals surface area (Å²) in [5.41, 5.74) is 0. The van der Waals surface area contributed by atoms with Crippen LogP contribution in [0.2, 0.25) is 13.3 Å². The first-order valence-corrected chi connectivity index (χ1v) is 18.2. The zero-order chi connectivity index (χ0) is 18.4. The molecule has 0 amide bonds. The number of hydrogen-bond acceptors (Lipinski definition) is 0. The van der Waals surface area contributed by atoms with E-state index in [4.69, 9.17) is 0 Å². The van der Waals surface area contributed by atoms with Gasteiger partial charge in [-0.2, -0.15) is 0 Å². The minimum atomic E-state index is -1.02. The average Bonchev–Trinajstić information content (AvgIpc) is 2.63. The number of rotatable bonds is 21. The topological polar surface area (TPSA) is 31.5 Å². The molecule has 0 bridgehead atoms. The van der Waals surface area contributed by atoms with Crippen LogP contribution in [0.4, 0.5) is 0 Å². The van der Waals surface area contributed by atoms with E-state index in [9.17, 15) is 0 Å². The minimum Gasteiger partial charge on any atom is -0.412 e. The summed E-state index contributed by atoms with van der Waals surface area (Å²) >= 11 is -1.02. The van der Waals surface area contributed by atoms with Crippen molar-refractivity contribution in [2.45, 2.75) is 150 Å². The van der Waals surface area contributed by atoms with E-state index in [-0.39, 0.29) is 5.48 Å². The summed E-state index contributed by atoms with van der Waals surface area (Å²) in [4.78, 5) is 0. The van der Waals surface area contributed by atoms with Gasteiger partial charge in [0.25, 0.3) is 0 Å². The third kappa shape index (κ3) is 22.8. The van der Waals surface area contributed by atoms with Gasteiger partial charge in [0, 0.05) is 0 Å². The van der Waals surface area contributed by atoms with Gasteiger partial charge in [-0.3, -0.25) is 0 Å². The van der Waals surface area contributed by atoms with Gasteiger partial charge in [0.1, 0.15) is 0 Å². The zero-order valence-electron chi connectivity index (χ0n) is 18.8. The third-order valence-corrected chi connectivity index (χ3v) is 14.7. The SMILES string of the molecule is CCCCCCC[CH2][Sn]([CH2]CCCCCCC)[CH2]CCCCCCC.O. The Hall–Kier alpha value is 0.759. The third-order valence-electron chi connectivity index (χ3n) is 5.65. The van der Waals surface area contributed by atoms with Gasteiger partial charge < -0.3 is 5.48 Å². The summed E-state index contributed by atoms with van der Waals surface area (Å²) in [7, 11) is 0. The van der Waals surface area contributed by atoms with Crippen molar-refractivity contribution in [1.29, 1.82) is 0 Å². The zero-order valence-corrected chi connectivity index (χ0v) is 21.7. The molecule has 0 heterocycles. The maximum Gasteiger partial charge on any atom is -0.412 e. The summed E-state index contributed by atoms with van der Waals surface area (Å²) < 4.78 is 5.16. The summed E-state index contributed by atoms with van der Waals surface area (Å²) in [5.74, 6) is 0. The smallest absolute Gasteiger partial charge is 0.412 e. The van der Waals surface area contributed by atoms with Crippen LogP contribution < -0.4 is 0 Å². The van der Waals surface area contributed by atoms with Crippen LogP contribution in [0.3, 0.4) is 0 Å². The Kier molecular flexibility index (Phi) is 28.7. The molecule has 2 N–H and O–H groups in total. The molecule has 26 heavy (non-hydrogen) atoms. The van der Waals surface area contributed by atoms with Gasteiger partial charge in [0.15, 0.2) is 0 Å². The quantitative estimate of drug-likeness (QED) is 0.117. The van der Waals surface area contributed by atoms with E-state index < -0.39 is 19.8 Å². The fourth-order valence-electron chi connectivity index (χ4n) is 3.84. The molecular weight excluding hydrogens is 423 g/mol. The van der Waals surface area contributed by atoms with Gasteiger partial charge in [-0.1, -0.05) is 0 Å². The monoisotopic (exact) mass is 477 g/mol. The van der Waals surface area contributed by atoms with Crippen LogP contribution in [-0.4, -0.2) is 25.2 Å². The van der Waals surface area contributed by atoms with Gasteiger partial charge in [-0.15, -0.1) is 0 Å². The van der Waals surface area contributed by atoms with Crippen LogP contribution in [-0.2, 0) is 0 Å². The summed E-state index contributed by atoms with van der Waals surface area (Å²) in [5, 5.41) is 0. The van der Waals surface area contributed by atoms with Crippen LogP contribution in [0.25, 0.3) is 0 Å². The predicted octanol–water partition coefficient (Wildman–Crippen LogP) is 8.74. The van der Waals surface area contributed by atoms with Crippen LogP contribution in [0, 0.1) is 0 Å². The first-order valence-electron chi connectivity index (χ1n) is 12.2. The first-order chi connectivity index (χ1) is 12.3. The second-order valence-corrected chi connectivity index (χ2v) is 16.9. The molecule has 0 aliphatic heterocycles. The molecule has 0 fully saturated rings. The molecule has 0 aromatic heterocycles. The van der Waals surface area contributed by atoms with Gasteiger partial charge in [0.2, 0.25) is 0 Å². The molecule has 0 unspecified atom stereocenters. The van der Waals surface area contributed by atoms with Crippen molar-refractivity contribution in [3.05, 3.63) is 0 Å². The van der Waals surface area contributed by atoms with Crippen molar-refractivity contribution in [3.8, 4) is 0 Å². The molecule has 0 aromatic rings. The minimum absolute atomic E-state index is 0. The van der Waals surface area contributed by atoms with E-state index in [1.54, 1.807) is 32.6 Å². The van der Waals surface area contributed by atoms with E-state index in [1.165, 1.54) is 96.3 Å². The van der Waals surface area contributed by atoms with Crippen LogP contribution in [0.5, 0.6) is 0 Å². The van der Waals surface area contributed by atoms with E-state index in [2.05, 4.69) is 20.8 Å². The van der Waals surface area contributed by atoms with Gasteiger partial charge in [-0.25, -0.2) is 0 Å². The molecule has 0 aliphatic rings. The number of hydrogen-bond donors (Lipinski definition) is 0. The molecule has 0 saturated heterocycles. The van der Waals surface area contributed by atoms with Crippen molar-refractivity contribution in [2.24, 2.45) is 0 Å². The molecule has 0 aliphatic carbocycles. The van der Waals surface area contributed by atoms with E-state index in [0.717, 1.165) is 0 Å². The van der Waals surface area contributed by atoms with Crippen molar-refractivity contribution >= 4 is 19.8 Å². The second kappa shape index (κ2) is 25.8. The standard InChI is InChI=1S/3C8H17.H2O.Sn/c3*1-3-5-7-8-6-4-2;;/h3*1,3-8H2,2H3;1H2;. The molecule has 0 rings (SSSR count). The fraction of sp³-hybridized carbons (Fsp3) is 1.00. The predicted molar refractivity (Wildman–Crippen MR) is 124 cm³/mol. The first kappa shape index (κ1) is 29.0. The summed E-state index contributed by atoms with van der Waals surface area (Å²) in [6, 6.07) is 0. The second-order valence-electron chi connectivity index (χ2n) is 8.30. The molecule has 0 aromatic carbocycles. The van der Waals surface area contributed by atoms with E-state index in [1.807, 2.05) is 0 Å². The van der Waals surface area contributed by atoms with Crippen LogP contribution in [0.1, 0.15) is 136 Å². The molecule has 2 heteroatoms. The van der Waals surface area contributed by atoms with Crippen molar-refractivity contribution in [1.82, 2.24) is 0 Å². The maximum atomic E-state index is 2.33. The Morgan fingerprint density at radius 3 is 0.846 bits per heavy atom. The molecule has 0 saturated carbocycles. The Morgan fingerprint density at radius 2 is 0.577 bits per heavy atom. The molecule has 1 radical (unpaired) electrons. The van der Waals surface area contributed by atoms with Crippen molar-refractivity contribution in [3.63, 3.8) is 0 Å². The van der Waals surface area contributed by atoms with Gasteiger partial charge in [0.05, 0.1) is 0 Å². The maximum absolute atomic E-state index is 2.33. The van der Waals surface area contributed by atoms with Gasteiger partial charge in [-0.05, 0) is 0 Å². The normalized spacial score (nSPS) is 11.1. The van der Waals surface area contributed by atoms with Gasteiger partial charge >= 0.3 is 169 Å². The fourth-order valence-corrected chi connectivity index (χ4v) is 12.4. The van der Waals surface area contributed by atoms with Crippen LogP contribution >= 0.6 is 0 Å². The largest absolute Gasteiger partial charge is 0.412 e. The van der Waals surface area contributed by atoms with Crippen molar-refractivity contribution in [2.75, 3.05) is 0 Å². The summed E-state index contributed by atoms with van der Waals surface area (Å²) in [6.45, 7) is 6.98. The Morgan fingerprint density at radius 1 is 0.346 bits per heavy atom. The Bertz CT molecular complexity index is 194. The van der Waals surface area contributed by atoms with Crippen LogP contribution in [0.15, 0.2) is 0 Å². The average molecular weight is 476 g/mol. The Balaban J connectivity index is 0. The van der Waals surface area contributed by atoms with E-state index in [0.29, 0.717) is 0 Å². The van der Waals surface area contributed by atoms with E-state index >= 15 is 0 Å². The molecule has 1 nitrogen and oxygen atoms in total. The molecule has 0 spiro atoms. The summed E-state index contributed by atoms with van der Waals surface area (Å²) in [6.07, 6.45) is 26.9. The van der Waals surface area contributed by atoms with Crippen molar-refractivity contribution < 1.29 is 5.48 Å². The number of unbranched alkanes of at least 4 members (excludes halogenated alkanes) is 15.